The zero-order valence-electron chi connectivity index (χ0n) is 11.2. The molecule has 1 aromatic heterocycles. The van der Waals surface area contributed by atoms with Gasteiger partial charge < -0.3 is 5.73 Å². The van der Waals surface area contributed by atoms with Gasteiger partial charge in [-0.15, -0.1) is 5.10 Å². The van der Waals surface area contributed by atoms with Gasteiger partial charge in [0.15, 0.2) is 5.82 Å². The van der Waals surface area contributed by atoms with Crippen LogP contribution in [-0.2, 0) is 5.54 Å². The van der Waals surface area contributed by atoms with Crippen molar-refractivity contribution in [2.45, 2.75) is 38.1 Å². The molecule has 0 saturated heterocycles. The van der Waals surface area contributed by atoms with Crippen molar-refractivity contribution in [2.75, 3.05) is 0 Å². The summed E-state index contributed by atoms with van der Waals surface area (Å²) in [7, 11) is 0. The lowest BCUT2D eigenvalue weighted by Crippen LogP contribution is -2.42. The minimum atomic E-state index is -0.397. The van der Waals surface area contributed by atoms with Crippen LogP contribution < -0.4 is 5.73 Å². The average molecular weight is 257 g/mol. The lowest BCUT2D eigenvalue weighted by atomic mass is 9.77. The van der Waals surface area contributed by atoms with E-state index in [0.29, 0.717) is 0 Å². The van der Waals surface area contributed by atoms with Crippen LogP contribution in [0.25, 0.3) is 5.69 Å². The van der Waals surface area contributed by atoms with Crippen molar-refractivity contribution in [2.24, 2.45) is 11.7 Å². The van der Waals surface area contributed by atoms with Crippen molar-refractivity contribution < 1.29 is 0 Å². The summed E-state index contributed by atoms with van der Waals surface area (Å²) in [6.45, 7) is 2.28. The SMILES string of the molecule is CC1CCC(N)(c2nnnn2-c2ccccc2)CC1. The molecule has 5 heteroatoms. The van der Waals surface area contributed by atoms with Crippen molar-refractivity contribution in [1.82, 2.24) is 20.2 Å². The second kappa shape index (κ2) is 4.74. The topological polar surface area (TPSA) is 69.6 Å². The van der Waals surface area contributed by atoms with E-state index >= 15 is 0 Å². The standard InChI is InChI=1S/C14H19N5/c1-11-7-9-14(15,10-8-11)13-16-17-18-19(13)12-5-3-2-4-6-12/h2-6,11H,7-10,15H2,1H3. The maximum atomic E-state index is 6.56. The predicted octanol–water partition coefficient (Wildman–Crippen LogP) is 2.03. The Morgan fingerprint density at radius 2 is 1.89 bits per heavy atom. The highest BCUT2D eigenvalue weighted by atomic mass is 15.5. The second-order valence-corrected chi connectivity index (χ2v) is 5.59. The van der Waals surface area contributed by atoms with Gasteiger partial charge in [0.1, 0.15) is 0 Å². The van der Waals surface area contributed by atoms with Crippen molar-refractivity contribution in [3.05, 3.63) is 36.2 Å². The number of aromatic nitrogens is 4. The third-order valence-electron chi connectivity index (χ3n) is 4.08. The molecule has 5 nitrogen and oxygen atoms in total. The molecule has 0 bridgehead atoms. The van der Waals surface area contributed by atoms with Crippen molar-refractivity contribution in [3.8, 4) is 5.69 Å². The minimum Gasteiger partial charge on any atom is -0.319 e. The Balaban J connectivity index is 1.96. The van der Waals surface area contributed by atoms with E-state index in [1.807, 2.05) is 30.3 Å². The second-order valence-electron chi connectivity index (χ2n) is 5.59. The van der Waals surface area contributed by atoms with Crippen LogP contribution in [0.3, 0.4) is 0 Å². The highest BCUT2D eigenvalue weighted by Crippen LogP contribution is 2.36. The fourth-order valence-electron chi connectivity index (χ4n) is 2.74. The first-order valence-corrected chi connectivity index (χ1v) is 6.82. The summed E-state index contributed by atoms with van der Waals surface area (Å²) >= 11 is 0. The molecule has 2 aromatic rings. The Bertz CT molecular complexity index is 540. The molecule has 1 heterocycles. The van der Waals surface area contributed by atoms with Crippen molar-refractivity contribution >= 4 is 0 Å². The number of rotatable bonds is 2. The maximum Gasteiger partial charge on any atom is 0.176 e. The first-order chi connectivity index (χ1) is 9.19. The third kappa shape index (κ3) is 2.26. The van der Waals surface area contributed by atoms with Gasteiger partial charge in [-0.3, -0.25) is 0 Å². The first-order valence-electron chi connectivity index (χ1n) is 6.82. The van der Waals surface area contributed by atoms with Gasteiger partial charge in [0.2, 0.25) is 0 Å². The van der Waals surface area contributed by atoms with Gasteiger partial charge in [-0.2, -0.15) is 4.68 Å². The van der Waals surface area contributed by atoms with Crippen LogP contribution >= 0.6 is 0 Å². The Morgan fingerprint density at radius 1 is 1.21 bits per heavy atom. The van der Waals surface area contributed by atoms with Gasteiger partial charge in [0.05, 0.1) is 11.2 Å². The fraction of sp³-hybridized carbons (Fsp3) is 0.500. The van der Waals surface area contributed by atoms with Crippen molar-refractivity contribution in [3.63, 3.8) is 0 Å². The van der Waals surface area contributed by atoms with Gasteiger partial charge in [-0.1, -0.05) is 25.1 Å². The number of benzene rings is 1. The highest BCUT2D eigenvalue weighted by Gasteiger charge is 2.37. The molecule has 1 aliphatic carbocycles. The molecule has 0 unspecified atom stereocenters. The molecule has 19 heavy (non-hydrogen) atoms. The zero-order chi connectivity index (χ0) is 13.3. The van der Waals surface area contributed by atoms with E-state index in [0.717, 1.165) is 43.1 Å². The van der Waals surface area contributed by atoms with E-state index in [4.69, 9.17) is 5.73 Å². The Hall–Kier alpha value is -1.75. The van der Waals surface area contributed by atoms with Gasteiger partial charge >= 0.3 is 0 Å². The third-order valence-corrected chi connectivity index (χ3v) is 4.08. The summed E-state index contributed by atoms with van der Waals surface area (Å²) in [6.07, 6.45) is 4.17. The molecule has 1 saturated carbocycles. The average Bonchev–Trinajstić information content (AvgIpc) is 2.93. The quantitative estimate of drug-likeness (QED) is 0.893. The van der Waals surface area contributed by atoms with Crippen LogP contribution in [0.2, 0.25) is 0 Å². The molecule has 3 rings (SSSR count). The molecule has 0 amide bonds. The molecule has 0 radical (unpaired) electrons. The Morgan fingerprint density at radius 3 is 2.58 bits per heavy atom. The summed E-state index contributed by atoms with van der Waals surface area (Å²) < 4.78 is 1.77. The van der Waals surface area contributed by atoms with E-state index in [-0.39, 0.29) is 0 Å². The largest absolute Gasteiger partial charge is 0.319 e. The lowest BCUT2D eigenvalue weighted by molar-refractivity contribution is 0.233. The van der Waals surface area contributed by atoms with E-state index in [1.165, 1.54) is 0 Å². The van der Waals surface area contributed by atoms with Gasteiger partial charge in [-0.25, -0.2) is 0 Å². The molecule has 100 valence electrons. The Kier molecular flexibility index (Phi) is 3.06. The fourth-order valence-corrected chi connectivity index (χ4v) is 2.74. The summed E-state index contributed by atoms with van der Waals surface area (Å²) in [4.78, 5) is 0. The van der Waals surface area contributed by atoms with Crippen LogP contribution in [0.4, 0.5) is 0 Å². The first kappa shape index (κ1) is 12.3. The molecule has 1 aliphatic rings. The summed E-state index contributed by atoms with van der Waals surface area (Å²) in [5.74, 6) is 1.53. The van der Waals surface area contributed by atoms with Gasteiger partial charge in [-0.05, 0) is 54.2 Å². The van der Waals surface area contributed by atoms with Crippen LogP contribution in [0.15, 0.2) is 30.3 Å². The number of nitrogens with zero attached hydrogens (tertiary/aromatic N) is 4. The van der Waals surface area contributed by atoms with Crippen LogP contribution in [0.1, 0.15) is 38.4 Å². The Labute approximate surface area is 112 Å². The molecule has 2 N–H and O–H groups in total. The van der Waals surface area contributed by atoms with Crippen LogP contribution in [0, 0.1) is 5.92 Å². The molecule has 0 aliphatic heterocycles. The zero-order valence-corrected chi connectivity index (χ0v) is 11.2. The van der Waals surface area contributed by atoms with Gasteiger partial charge in [0.25, 0.3) is 0 Å². The summed E-state index contributed by atoms with van der Waals surface area (Å²) in [5.41, 5.74) is 7.13. The highest BCUT2D eigenvalue weighted by molar-refractivity contribution is 5.31. The van der Waals surface area contributed by atoms with Gasteiger partial charge in [0, 0.05) is 0 Å². The predicted molar refractivity (Wildman–Crippen MR) is 72.7 cm³/mol. The van der Waals surface area contributed by atoms with E-state index < -0.39 is 5.54 Å². The van der Waals surface area contributed by atoms with Crippen LogP contribution in [0.5, 0.6) is 0 Å². The number of tetrazole rings is 1. The van der Waals surface area contributed by atoms with E-state index in [1.54, 1.807) is 4.68 Å². The number of nitrogens with two attached hydrogens (primary N) is 1. The minimum absolute atomic E-state index is 0.397. The number of hydrogen-bond donors (Lipinski definition) is 1. The summed E-state index contributed by atoms with van der Waals surface area (Å²) in [5, 5.41) is 12.1. The smallest absolute Gasteiger partial charge is 0.176 e. The number of para-hydroxylation sites is 1. The number of hydrogen-bond acceptors (Lipinski definition) is 4. The molecule has 1 aromatic carbocycles. The molecular formula is C14H19N5. The normalized spacial score (nSPS) is 27.4. The lowest BCUT2D eigenvalue weighted by Gasteiger charge is -2.34. The van der Waals surface area contributed by atoms with E-state index in [2.05, 4.69) is 22.4 Å². The summed E-state index contributed by atoms with van der Waals surface area (Å²) in [6, 6.07) is 9.93. The molecule has 0 spiro atoms. The van der Waals surface area contributed by atoms with Crippen molar-refractivity contribution in [1.29, 1.82) is 0 Å². The molecule has 1 fully saturated rings. The molecular weight excluding hydrogens is 238 g/mol. The van der Waals surface area contributed by atoms with Crippen LogP contribution in [-0.4, -0.2) is 20.2 Å². The maximum absolute atomic E-state index is 6.56. The monoisotopic (exact) mass is 257 g/mol. The van der Waals surface area contributed by atoms with E-state index in [9.17, 15) is 0 Å². The molecule has 0 atom stereocenters.